The third kappa shape index (κ3) is 3.67. The van der Waals surface area contributed by atoms with Gasteiger partial charge in [0.2, 0.25) is 5.09 Å². The summed E-state index contributed by atoms with van der Waals surface area (Å²) in [5, 5.41) is 11.4. The zero-order valence-corrected chi connectivity index (χ0v) is 13.4. The largest absolute Gasteiger partial charge is 0.438 e. The lowest BCUT2D eigenvalue weighted by Gasteiger charge is -2.24. The van der Waals surface area contributed by atoms with Crippen LogP contribution >= 0.6 is 0 Å². The maximum absolute atomic E-state index is 12.4. The number of nitrogens with zero attached hydrogens (tertiary/aromatic N) is 1. The Labute approximate surface area is 129 Å². The minimum atomic E-state index is -3.77. The van der Waals surface area contributed by atoms with Gasteiger partial charge in [0.25, 0.3) is 15.9 Å². The van der Waals surface area contributed by atoms with E-state index in [2.05, 4.69) is 5.32 Å². The van der Waals surface area contributed by atoms with Gasteiger partial charge >= 0.3 is 0 Å². The van der Waals surface area contributed by atoms with Gasteiger partial charge in [-0.3, -0.25) is 4.79 Å². The molecule has 0 aromatic carbocycles. The van der Waals surface area contributed by atoms with Crippen LogP contribution < -0.4 is 5.32 Å². The number of morpholine rings is 1. The molecule has 8 nitrogen and oxygen atoms in total. The molecule has 1 aromatic rings. The Morgan fingerprint density at radius 1 is 1.36 bits per heavy atom. The molecule has 1 aliphatic rings. The normalized spacial score (nSPS) is 17.4. The Morgan fingerprint density at radius 3 is 2.59 bits per heavy atom. The van der Waals surface area contributed by atoms with Gasteiger partial charge in [0.15, 0.2) is 5.76 Å². The van der Waals surface area contributed by atoms with Gasteiger partial charge in [-0.15, -0.1) is 0 Å². The smallest absolute Gasteiger partial charge is 0.287 e. The van der Waals surface area contributed by atoms with Crippen molar-refractivity contribution in [2.75, 3.05) is 32.9 Å². The molecule has 0 unspecified atom stereocenters. The molecular weight excluding hydrogens is 312 g/mol. The van der Waals surface area contributed by atoms with Gasteiger partial charge in [-0.25, -0.2) is 8.42 Å². The second-order valence-corrected chi connectivity index (χ2v) is 7.50. The first-order valence-corrected chi connectivity index (χ1v) is 8.31. The molecule has 1 aliphatic heterocycles. The first-order valence-electron chi connectivity index (χ1n) is 6.87. The van der Waals surface area contributed by atoms with E-state index in [0.717, 1.165) is 0 Å². The predicted molar refractivity (Wildman–Crippen MR) is 76.9 cm³/mol. The summed E-state index contributed by atoms with van der Waals surface area (Å²) >= 11 is 0. The summed E-state index contributed by atoms with van der Waals surface area (Å²) in [6.07, 6.45) is 0. The number of rotatable bonds is 5. The van der Waals surface area contributed by atoms with Crippen molar-refractivity contribution in [3.63, 3.8) is 0 Å². The summed E-state index contributed by atoms with van der Waals surface area (Å²) in [5.41, 5.74) is -0.826. The van der Waals surface area contributed by atoms with E-state index in [0.29, 0.717) is 13.2 Å². The Bertz CT molecular complexity index is 631. The van der Waals surface area contributed by atoms with E-state index < -0.39 is 21.5 Å². The Hall–Kier alpha value is -1.42. The Morgan fingerprint density at radius 2 is 2.00 bits per heavy atom. The number of amides is 1. The highest BCUT2D eigenvalue weighted by molar-refractivity contribution is 7.89. The van der Waals surface area contributed by atoms with Crippen molar-refractivity contribution in [2.24, 2.45) is 0 Å². The number of furan rings is 1. The summed E-state index contributed by atoms with van der Waals surface area (Å²) < 4.78 is 36.3. The van der Waals surface area contributed by atoms with Crippen LogP contribution in [-0.4, -0.2) is 62.2 Å². The van der Waals surface area contributed by atoms with E-state index in [1.54, 1.807) is 13.8 Å². The predicted octanol–water partition coefficient (Wildman–Crippen LogP) is -0.199. The summed E-state index contributed by atoms with van der Waals surface area (Å²) in [6, 6.07) is 2.56. The molecule has 0 saturated carbocycles. The second-order valence-electron chi connectivity index (χ2n) is 5.63. The minimum absolute atomic E-state index is 0.117. The van der Waals surface area contributed by atoms with Gasteiger partial charge in [-0.05, 0) is 26.0 Å². The highest BCUT2D eigenvalue weighted by atomic mass is 32.2. The summed E-state index contributed by atoms with van der Waals surface area (Å²) in [4.78, 5) is 12.0. The third-order valence-corrected chi connectivity index (χ3v) is 4.99. The molecular formula is C13H20N2O6S. The average Bonchev–Trinajstić information content (AvgIpc) is 2.98. The fourth-order valence-corrected chi connectivity index (χ4v) is 3.22. The molecule has 0 radical (unpaired) electrons. The molecule has 2 rings (SSSR count). The van der Waals surface area contributed by atoms with Crippen molar-refractivity contribution in [3.05, 3.63) is 17.9 Å². The number of hydrogen-bond donors (Lipinski definition) is 2. The topological polar surface area (TPSA) is 109 Å². The summed E-state index contributed by atoms with van der Waals surface area (Å²) in [6.45, 7) is 4.19. The van der Waals surface area contributed by atoms with Crippen molar-refractivity contribution in [3.8, 4) is 0 Å². The zero-order chi connectivity index (χ0) is 16.4. The van der Waals surface area contributed by atoms with Gasteiger partial charge in [-0.2, -0.15) is 4.31 Å². The Kier molecular flexibility index (Phi) is 4.90. The Balaban J connectivity index is 2.15. The highest BCUT2D eigenvalue weighted by Crippen LogP contribution is 2.20. The van der Waals surface area contributed by atoms with Crippen LogP contribution in [0, 0.1) is 0 Å². The number of nitrogens with one attached hydrogen (secondary N) is 1. The number of carbonyl (C=O) groups excluding carboxylic acids is 1. The van der Waals surface area contributed by atoms with E-state index in [-0.39, 0.29) is 30.5 Å². The van der Waals surface area contributed by atoms with Crippen molar-refractivity contribution in [1.29, 1.82) is 0 Å². The van der Waals surface area contributed by atoms with Crippen LogP contribution in [0.3, 0.4) is 0 Å². The van der Waals surface area contributed by atoms with Gasteiger partial charge in [0, 0.05) is 13.1 Å². The molecule has 1 amide bonds. The van der Waals surface area contributed by atoms with Crippen LogP contribution in [0.1, 0.15) is 24.4 Å². The fraction of sp³-hybridized carbons (Fsp3) is 0.615. The summed E-state index contributed by atoms with van der Waals surface area (Å²) in [7, 11) is -3.77. The molecule has 0 spiro atoms. The molecule has 0 bridgehead atoms. The molecule has 1 saturated heterocycles. The van der Waals surface area contributed by atoms with Crippen LogP contribution in [0.2, 0.25) is 0 Å². The van der Waals surface area contributed by atoms with Crippen molar-refractivity contribution in [1.82, 2.24) is 9.62 Å². The van der Waals surface area contributed by atoms with Crippen LogP contribution in [0.5, 0.6) is 0 Å². The van der Waals surface area contributed by atoms with Crippen molar-refractivity contribution < 1.29 is 27.5 Å². The molecule has 9 heteroatoms. The van der Waals surface area contributed by atoms with Crippen LogP contribution in [-0.2, 0) is 14.8 Å². The lowest BCUT2D eigenvalue weighted by atomic mass is 10.1. The molecule has 0 atom stereocenters. The standard InChI is InChI=1S/C13H20N2O6S/c1-13(2,9-16)14-12(17)10-3-4-11(21-10)22(18,19)15-5-7-20-8-6-15/h3-4,16H,5-9H2,1-2H3,(H,14,17). The number of aliphatic hydroxyl groups is 1. The van der Waals surface area contributed by atoms with E-state index in [4.69, 9.17) is 14.3 Å². The molecule has 124 valence electrons. The number of ether oxygens (including phenoxy) is 1. The number of sulfonamides is 1. The van der Waals surface area contributed by atoms with Crippen LogP contribution in [0.4, 0.5) is 0 Å². The quantitative estimate of drug-likeness (QED) is 0.773. The number of aliphatic hydroxyl groups excluding tert-OH is 1. The lowest BCUT2D eigenvalue weighted by molar-refractivity contribution is 0.0721. The maximum atomic E-state index is 12.4. The van der Waals surface area contributed by atoms with Crippen molar-refractivity contribution in [2.45, 2.75) is 24.5 Å². The molecule has 0 aliphatic carbocycles. The van der Waals surface area contributed by atoms with Gasteiger partial charge < -0.3 is 19.6 Å². The van der Waals surface area contributed by atoms with Crippen LogP contribution in [0.25, 0.3) is 0 Å². The average molecular weight is 332 g/mol. The molecule has 2 heterocycles. The second kappa shape index (κ2) is 6.37. The third-order valence-electron chi connectivity index (χ3n) is 3.22. The SMILES string of the molecule is CC(C)(CO)NC(=O)c1ccc(S(=O)(=O)N2CCOCC2)o1. The molecule has 1 fully saturated rings. The van der Waals surface area contributed by atoms with E-state index in [1.807, 2.05) is 0 Å². The monoisotopic (exact) mass is 332 g/mol. The molecule has 22 heavy (non-hydrogen) atoms. The zero-order valence-electron chi connectivity index (χ0n) is 12.5. The van der Waals surface area contributed by atoms with Gasteiger partial charge in [0.1, 0.15) is 0 Å². The highest BCUT2D eigenvalue weighted by Gasteiger charge is 2.30. The maximum Gasteiger partial charge on any atom is 0.287 e. The van der Waals surface area contributed by atoms with E-state index >= 15 is 0 Å². The minimum Gasteiger partial charge on any atom is -0.438 e. The summed E-state index contributed by atoms with van der Waals surface area (Å²) in [5.74, 6) is -0.698. The van der Waals surface area contributed by atoms with Gasteiger partial charge in [0.05, 0.1) is 25.4 Å². The van der Waals surface area contributed by atoms with Gasteiger partial charge in [-0.1, -0.05) is 0 Å². The molecule has 2 N–H and O–H groups in total. The first kappa shape index (κ1) is 16.9. The lowest BCUT2D eigenvalue weighted by Crippen LogP contribution is -2.46. The molecule has 1 aromatic heterocycles. The van der Waals surface area contributed by atoms with Crippen LogP contribution in [0.15, 0.2) is 21.6 Å². The number of carbonyl (C=O) groups is 1. The number of hydrogen-bond acceptors (Lipinski definition) is 6. The first-order chi connectivity index (χ1) is 10.3. The van der Waals surface area contributed by atoms with Crippen molar-refractivity contribution >= 4 is 15.9 Å². The van der Waals surface area contributed by atoms with E-state index in [1.165, 1.54) is 16.4 Å². The van der Waals surface area contributed by atoms with E-state index in [9.17, 15) is 13.2 Å². The fourth-order valence-electron chi connectivity index (χ4n) is 1.90.